The summed E-state index contributed by atoms with van der Waals surface area (Å²) in [4.78, 5) is 31.9. The minimum Gasteiger partial charge on any atom is -0.466 e. The molecule has 0 unspecified atom stereocenters. The molecule has 0 radical (unpaired) electrons. The van der Waals surface area contributed by atoms with Gasteiger partial charge in [-0.25, -0.2) is 0 Å². The molecule has 0 heterocycles. The maximum Gasteiger partial charge on any atom is 0.309 e. The molecule has 0 saturated heterocycles. The van der Waals surface area contributed by atoms with E-state index in [-0.39, 0.29) is 18.4 Å². The van der Waals surface area contributed by atoms with Crippen LogP contribution in [0.4, 0.5) is 0 Å². The van der Waals surface area contributed by atoms with Crippen molar-refractivity contribution in [3.05, 3.63) is 15.3 Å². The van der Waals surface area contributed by atoms with Gasteiger partial charge in [0.05, 0.1) is 39.3 Å². The zero-order chi connectivity index (χ0) is 24.8. The highest BCUT2D eigenvalue weighted by Crippen LogP contribution is 2.12. The highest BCUT2D eigenvalue weighted by molar-refractivity contribution is 5.72. The Morgan fingerprint density at radius 1 is 0.812 bits per heavy atom. The first-order valence-corrected chi connectivity index (χ1v) is 12.0. The van der Waals surface area contributed by atoms with Crippen LogP contribution < -0.4 is 0 Å². The Balaban J connectivity index is 0. The van der Waals surface area contributed by atoms with Gasteiger partial charge in [0.2, 0.25) is 0 Å². The first-order valence-electron chi connectivity index (χ1n) is 12.0. The molecular formula is C23H46N2O7. The number of carbonyl (C=O) groups is 2. The van der Waals surface area contributed by atoms with Crippen LogP contribution in [0.1, 0.15) is 97.3 Å². The predicted octanol–water partition coefficient (Wildman–Crippen LogP) is 5.02. The number of likely N-dealkylation sites (N-methyl/N-ethyl adjacent to an activating group) is 1. The topological polar surface area (TPSA) is 119 Å². The Hall–Kier alpha value is -1.90. The first kappa shape index (κ1) is 32.3. The molecule has 190 valence electrons. The van der Waals surface area contributed by atoms with E-state index in [0.29, 0.717) is 24.1 Å². The van der Waals surface area contributed by atoms with Gasteiger partial charge >= 0.3 is 11.9 Å². The van der Waals surface area contributed by atoms with Gasteiger partial charge in [0.1, 0.15) is 6.54 Å². The molecule has 0 aromatic heterocycles. The molecule has 0 amide bonds. The van der Waals surface area contributed by atoms with Crippen LogP contribution in [0.15, 0.2) is 0 Å². The van der Waals surface area contributed by atoms with Gasteiger partial charge in [-0.15, -0.1) is 0 Å². The minimum atomic E-state index is -1.75. The molecule has 0 spiro atoms. The Morgan fingerprint density at radius 3 is 1.66 bits per heavy atom. The number of esters is 2. The molecule has 32 heavy (non-hydrogen) atoms. The van der Waals surface area contributed by atoms with Crippen LogP contribution in [0, 0.1) is 15.3 Å². The van der Waals surface area contributed by atoms with Crippen molar-refractivity contribution in [3.8, 4) is 0 Å². The van der Waals surface area contributed by atoms with E-state index in [1.807, 2.05) is 21.1 Å². The molecule has 0 aliphatic rings. The highest BCUT2D eigenvalue weighted by atomic mass is 16.9. The summed E-state index contributed by atoms with van der Waals surface area (Å²) in [5.41, 5.74) is 0. The molecule has 1 atom stereocenters. The van der Waals surface area contributed by atoms with Gasteiger partial charge < -0.3 is 29.3 Å². The fourth-order valence-corrected chi connectivity index (χ4v) is 3.22. The Kier molecular flexibility index (Phi) is 21.2. The molecule has 0 fully saturated rings. The van der Waals surface area contributed by atoms with Crippen molar-refractivity contribution in [1.82, 2.24) is 0 Å². The van der Waals surface area contributed by atoms with Gasteiger partial charge in [0, 0.05) is 6.42 Å². The maximum atomic E-state index is 12.1. The van der Waals surface area contributed by atoms with Gasteiger partial charge in [0.15, 0.2) is 6.10 Å². The lowest BCUT2D eigenvalue weighted by molar-refractivity contribution is -0.873. The number of hydrogen-bond acceptors (Lipinski definition) is 7. The monoisotopic (exact) mass is 462 g/mol. The SMILES string of the molecule is CCCCCCCCCCCCCOC(=O)C[C@H](C[N+](C)(C)C)OC(=O)CC.O=[N+]([O-])[O-]. The zero-order valence-corrected chi connectivity index (χ0v) is 20.9. The Morgan fingerprint density at radius 2 is 1.25 bits per heavy atom. The summed E-state index contributed by atoms with van der Waals surface area (Å²) >= 11 is 0. The first-order chi connectivity index (χ1) is 15.0. The molecule has 0 aliphatic carbocycles. The molecule has 0 saturated carbocycles. The predicted molar refractivity (Wildman–Crippen MR) is 125 cm³/mol. The second kappa shape index (κ2) is 21.0. The lowest BCUT2D eigenvalue weighted by atomic mass is 10.1. The van der Waals surface area contributed by atoms with Crippen molar-refractivity contribution in [3.63, 3.8) is 0 Å². The third kappa shape index (κ3) is 28.1. The van der Waals surface area contributed by atoms with E-state index in [2.05, 4.69) is 6.92 Å². The lowest BCUT2D eigenvalue weighted by Gasteiger charge is -2.28. The minimum absolute atomic E-state index is 0.138. The third-order valence-electron chi connectivity index (χ3n) is 4.74. The smallest absolute Gasteiger partial charge is 0.309 e. The number of nitrogens with zero attached hydrogens (tertiary/aromatic N) is 2. The van der Waals surface area contributed by atoms with Crippen molar-refractivity contribution in [1.29, 1.82) is 0 Å². The number of ether oxygens (including phenoxy) is 2. The quantitative estimate of drug-likeness (QED) is 0.0922. The van der Waals surface area contributed by atoms with Crippen LogP contribution in [-0.2, 0) is 19.1 Å². The summed E-state index contributed by atoms with van der Waals surface area (Å²) in [7, 11) is 6.05. The molecule has 0 aromatic rings. The van der Waals surface area contributed by atoms with Crippen LogP contribution in [0.25, 0.3) is 0 Å². The second-order valence-electron chi connectivity index (χ2n) is 9.12. The van der Waals surface area contributed by atoms with E-state index in [0.717, 1.165) is 12.8 Å². The summed E-state index contributed by atoms with van der Waals surface area (Å²) in [6.45, 7) is 5.08. The molecular weight excluding hydrogens is 416 g/mol. The van der Waals surface area contributed by atoms with E-state index in [1.54, 1.807) is 6.92 Å². The molecule has 0 N–H and O–H groups in total. The fourth-order valence-electron chi connectivity index (χ4n) is 3.22. The van der Waals surface area contributed by atoms with E-state index in [9.17, 15) is 9.59 Å². The number of rotatable bonds is 18. The van der Waals surface area contributed by atoms with E-state index in [1.165, 1.54) is 57.8 Å². The van der Waals surface area contributed by atoms with Gasteiger partial charge in [-0.05, 0) is 6.42 Å². The molecule has 0 bridgehead atoms. The average Bonchev–Trinajstić information content (AvgIpc) is 2.67. The molecule has 0 rings (SSSR count). The van der Waals surface area contributed by atoms with Gasteiger partial charge in [-0.2, -0.15) is 0 Å². The van der Waals surface area contributed by atoms with Gasteiger partial charge in [0.25, 0.3) is 0 Å². The van der Waals surface area contributed by atoms with Crippen LogP contribution in [-0.4, -0.2) is 61.9 Å². The van der Waals surface area contributed by atoms with Crippen molar-refractivity contribution in [2.45, 2.75) is 103 Å². The maximum absolute atomic E-state index is 12.1. The van der Waals surface area contributed by atoms with E-state index in [4.69, 9.17) is 24.8 Å². The summed E-state index contributed by atoms with van der Waals surface area (Å²) in [6.07, 6.45) is 14.0. The Labute approximate surface area is 194 Å². The number of carbonyl (C=O) groups excluding carboxylic acids is 2. The standard InChI is InChI=1S/C23H46NO4.NO3/c1-6-8-9-10-11-12-13-14-15-16-17-18-27-23(26)19-21(20-24(3,4)5)28-22(25)7-2;2-1(3)4/h21H,6-20H2,1-5H3;/q+1;-1/t21-;/m1./s1. The third-order valence-corrected chi connectivity index (χ3v) is 4.74. The largest absolute Gasteiger partial charge is 0.466 e. The normalized spacial score (nSPS) is 11.8. The van der Waals surface area contributed by atoms with Crippen LogP contribution in [0.3, 0.4) is 0 Å². The summed E-state index contributed by atoms with van der Waals surface area (Å²) in [5.74, 6) is -0.536. The van der Waals surface area contributed by atoms with Crippen LogP contribution in [0.2, 0.25) is 0 Å². The number of quaternary nitrogens is 1. The summed E-state index contributed by atoms with van der Waals surface area (Å²) < 4.78 is 11.4. The lowest BCUT2D eigenvalue weighted by Crippen LogP contribution is -2.44. The van der Waals surface area contributed by atoms with Crippen molar-refractivity contribution < 1.29 is 28.6 Å². The molecule has 9 nitrogen and oxygen atoms in total. The fraction of sp³-hybridized carbons (Fsp3) is 0.913. The molecule has 9 heteroatoms. The highest BCUT2D eigenvalue weighted by Gasteiger charge is 2.25. The second-order valence-corrected chi connectivity index (χ2v) is 9.12. The van der Waals surface area contributed by atoms with Crippen LogP contribution in [0.5, 0.6) is 0 Å². The zero-order valence-electron chi connectivity index (χ0n) is 20.9. The van der Waals surface area contributed by atoms with Gasteiger partial charge in [-0.3, -0.25) is 9.59 Å². The number of unbranched alkanes of at least 4 members (excludes halogenated alkanes) is 10. The van der Waals surface area contributed by atoms with Crippen molar-refractivity contribution in [2.24, 2.45) is 0 Å². The van der Waals surface area contributed by atoms with Crippen LogP contribution >= 0.6 is 0 Å². The Bertz CT molecular complexity index is 489. The summed E-state index contributed by atoms with van der Waals surface area (Å²) in [5, 5.41) is 14.8. The van der Waals surface area contributed by atoms with E-state index < -0.39 is 11.2 Å². The van der Waals surface area contributed by atoms with Crippen molar-refractivity contribution >= 4 is 11.9 Å². The number of hydrogen-bond donors (Lipinski definition) is 0. The molecule has 0 aromatic carbocycles. The van der Waals surface area contributed by atoms with Crippen molar-refractivity contribution in [2.75, 3.05) is 34.3 Å². The van der Waals surface area contributed by atoms with Gasteiger partial charge in [-0.1, -0.05) is 78.1 Å². The van der Waals surface area contributed by atoms with E-state index >= 15 is 0 Å². The molecule has 0 aliphatic heterocycles. The average molecular weight is 463 g/mol. The summed E-state index contributed by atoms with van der Waals surface area (Å²) in [6, 6.07) is 0.